The van der Waals surface area contributed by atoms with Crippen LogP contribution >= 0.6 is 0 Å². The summed E-state index contributed by atoms with van der Waals surface area (Å²) >= 11 is 0. The summed E-state index contributed by atoms with van der Waals surface area (Å²) in [6.07, 6.45) is 9.15. The van der Waals surface area contributed by atoms with E-state index in [2.05, 4.69) is 52.5 Å². The summed E-state index contributed by atoms with van der Waals surface area (Å²) in [5, 5.41) is 0. The minimum absolute atomic E-state index is 0.787. The first-order valence-corrected chi connectivity index (χ1v) is 7.99. The number of allylic oxidation sites excluding steroid dienone is 3. The molecule has 0 aromatic heterocycles. The van der Waals surface area contributed by atoms with Gasteiger partial charge in [-0.2, -0.15) is 0 Å². The van der Waals surface area contributed by atoms with Gasteiger partial charge in [-0.05, 0) is 74.3 Å². The summed E-state index contributed by atoms with van der Waals surface area (Å²) in [7, 11) is 0. The molecular formula is C20H28. The van der Waals surface area contributed by atoms with Crippen molar-refractivity contribution in [2.24, 2.45) is 0 Å². The van der Waals surface area contributed by atoms with E-state index in [1.807, 2.05) is 0 Å². The van der Waals surface area contributed by atoms with Gasteiger partial charge in [0.25, 0.3) is 0 Å². The highest BCUT2D eigenvalue weighted by molar-refractivity contribution is 5.80. The molecule has 108 valence electrons. The molecule has 20 heavy (non-hydrogen) atoms. The standard InChI is InChI=1S/C20H28/c1-6-18(14(2)3)20-13-12-19(15(4)16(20)5)17-10-8-7-9-11-17/h6,12-13,17H,2,7-11H2,1,3-5H3/b18-6+. The van der Waals surface area contributed by atoms with Gasteiger partial charge in [-0.15, -0.1) is 0 Å². The summed E-state index contributed by atoms with van der Waals surface area (Å²) in [4.78, 5) is 0. The first kappa shape index (κ1) is 15.1. The lowest BCUT2D eigenvalue weighted by atomic mass is 9.80. The zero-order valence-electron chi connectivity index (χ0n) is 13.6. The molecular weight excluding hydrogens is 240 g/mol. The maximum Gasteiger partial charge on any atom is -0.0153 e. The highest BCUT2D eigenvalue weighted by Crippen LogP contribution is 2.37. The lowest BCUT2D eigenvalue weighted by Crippen LogP contribution is -2.08. The second-order valence-corrected chi connectivity index (χ2v) is 6.27. The first-order valence-electron chi connectivity index (χ1n) is 7.99. The monoisotopic (exact) mass is 268 g/mol. The minimum Gasteiger partial charge on any atom is -0.0955 e. The molecule has 0 N–H and O–H groups in total. The molecule has 0 radical (unpaired) electrons. The van der Waals surface area contributed by atoms with Crippen LogP contribution in [0.1, 0.15) is 74.1 Å². The Morgan fingerprint density at radius 1 is 1.10 bits per heavy atom. The minimum atomic E-state index is 0.787. The molecule has 1 fully saturated rings. The van der Waals surface area contributed by atoms with Crippen molar-refractivity contribution in [3.63, 3.8) is 0 Å². The van der Waals surface area contributed by atoms with Crippen LogP contribution in [0.3, 0.4) is 0 Å². The topological polar surface area (TPSA) is 0 Å². The Bertz CT molecular complexity index is 525. The van der Waals surface area contributed by atoms with E-state index in [9.17, 15) is 0 Å². The zero-order valence-corrected chi connectivity index (χ0v) is 13.6. The lowest BCUT2D eigenvalue weighted by Gasteiger charge is -2.25. The Morgan fingerprint density at radius 3 is 2.30 bits per heavy atom. The molecule has 1 aliphatic rings. The molecule has 0 spiro atoms. The Labute approximate surface area is 124 Å². The molecule has 0 bridgehead atoms. The molecule has 0 heteroatoms. The van der Waals surface area contributed by atoms with Gasteiger partial charge in [-0.1, -0.05) is 49.6 Å². The number of benzene rings is 1. The lowest BCUT2D eigenvalue weighted by molar-refractivity contribution is 0.442. The van der Waals surface area contributed by atoms with Gasteiger partial charge < -0.3 is 0 Å². The van der Waals surface area contributed by atoms with E-state index in [1.165, 1.54) is 54.4 Å². The van der Waals surface area contributed by atoms with Crippen LogP contribution in [0.25, 0.3) is 5.57 Å². The van der Waals surface area contributed by atoms with Gasteiger partial charge in [0, 0.05) is 0 Å². The van der Waals surface area contributed by atoms with Gasteiger partial charge in [0.1, 0.15) is 0 Å². The van der Waals surface area contributed by atoms with Crippen LogP contribution in [0.5, 0.6) is 0 Å². The van der Waals surface area contributed by atoms with Crippen LogP contribution in [-0.2, 0) is 0 Å². The van der Waals surface area contributed by atoms with Gasteiger partial charge in [0.05, 0.1) is 0 Å². The van der Waals surface area contributed by atoms with Gasteiger partial charge in [-0.25, -0.2) is 0 Å². The number of hydrogen-bond donors (Lipinski definition) is 0. The van der Waals surface area contributed by atoms with Crippen molar-refractivity contribution in [1.29, 1.82) is 0 Å². The highest BCUT2D eigenvalue weighted by Gasteiger charge is 2.19. The molecule has 0 amide bonds. The molecule has 0 saturated heterocycles. The molecule has 0 atom stereocenters. The maximum atomic E-state index is 4.12. The van der Waals surface area contributed by atoms with Crippen molar-refractivity contribution in [2.45, 2.75) is 65.7 Å². The van der Waals surface area contributed by atoms with Crippen molar-refractivity contribution in [3.8, 4) is 0 Å². The molecule has 0 heterocycles. The van der Waals surface area contributed by atoms with Gasteiger partial charge in [0.15, 0.2) is 0 Å². The average molecular weight is 268 g/mol. The van der Waals surface area contributed by atoms with E-state index in [0.717, 1.165) is 11.5 Å². The largest absolute Gasteiger partial charge is 0.0955 e. The molecule has 1 aromatic carbocycles. The van der Waals surface area contributed by atoms with Crippen LogP contribution < -0.4 is 0 Å². The third kappa shape index (κ3) is 2.90. The van der Waals surface area contributed by atoms with E-state index in [0.29, 0.717) is 0 Å². The van der Waals surface area contributed by atoms with Crippen molar-refractivity contribution < 1.29 is 0 Å². The van der Waals surface area contributed by atoms with Gasteiger partial charge >= 0.3 is 0 Å². The van der Waals surface area contributed by atoms with Crippen LogP contribution in [0, 0.1) is 13.8 Å². The third-order valence-corrected chi connectivity index (χ3v) is 4.91. The molecule has 1 aliphatic carbocycles. The fourth-order valence-corrected chi connectivity index (χ4v) is 3.62. The van der Waals surface area contributed by atoms with Crippen LogP contribution in [0.2, 0.25) is 0 Å². The predicted octanol–water partition coefficient (Wildman–Crippen LogP) is 6.33. The highest BCUT2D eigenvalue weighted by atomic mass is 14.2. The summed E-state index contributed by atoms with van der Waals surface area (Å²) in [6, 6.07) is 4.69. The number of hydrogen-bond acceptors (Lipinski definition) is 0. The second kappa shape index (κ2) is 6.43. The normalized spacial score (nSPS) is 17.3. The van der Waals surface area contributed by atoms with Gasteiger partial charge in [-0.3, -0.25) is 0 Å². The smallest absolute Gasteiger partial charge is 0.0153 e. The quantitative estimate of drug-likeness (QED) is 0.562. The third-order valence-electron chi connectivity index (χ3n) is 4.91. The van der Waals surface area contributed by atoms with Crippen LogP contribution in [0.15, 0.2) is 30.4 Å². The van der Waals surface area contributed by atoms with Gasteiger partial charge in [0.2, 0.25) is 0 Å². The summed E-state index contributed by atoms with van der Waals surface area (Å²) in [5.41, 5.74) is 8.32. The molecule has 1 saturated carbocycles. The fourth-order valence-electron chi connectivity index (χ4n) is 3.62. The van der Waals surface area contributed by atoms with Crippen molar-refractivity contribution >= 4 is 5.57 Å². The second-order valence-electron chi connectivity index (χ2n) is 6.27. The SMILES string of the molecule is C=C(C)/C(=C\C)c1ccc(C2CCCCC2)c(C)c1C. The van der Waals surface area contributed by atoms with E-state index in [-0.39, 0.29) is 0 Å². The van der Waals surface area contributed by atoms with E-state index in [4.69, 9.17) is 0 Å². The van der Waals surface area contributed by atoms with Crippen molar-refractivity contribution in [3.05, 3.63) is 52.6 Å². The summed E-state index contributed by atoms with van der Waals surface area (Å²) in [6.45, 7) is 12.9. The molecule has 0 aliphatic heterocycles. The Morgan fingerprint density at radius 2 is 1.75 bits per heavy atom. The average Bonchev–Trinajstić information content (AvgIpc) is 2.45. The molecule has 0 unspecified atom stereocenters. The Kier molecular flexibility index (Phi) is 4.86. The van der Waals surface area contributed by atoms with E-state index < -0.39 is 0 Å². The summed E-state index contributed by atoms with van der Waals surface area (Å²) < 4.78 is 0. The van der Waals surface area contributed by atoms with Crippen LogP contribution in [-0.4, -0.2) is 0 Å². The zero-order chi connectivity index (χ0) is 14.7. The molecule has 0 nitrogen and oxygen atoms in total. The molecule has 2 rings (SSSR count). The van der Waals surface area contributed by atoms with Crippen molar-refractivity contribution in [2.75, 3.05) is 0 Å². The Hall–Kier alpha value is -1.30. The summed E-state index contributed by atoms with van der Waals surface area (Å²) in [5.74, 6) is 0.787. The van der Waals surface area contributed by atoms with Crippen LogP contribution in [0.4, 0.5) is 0 Å². The number of rotatable bonds is 3. The first-order chi connectivity index (χ1) is 9.56. The predicted molar refractivity (Wildman–Crippen MR) is 90.2 cm³/mol. The fraction of sp³-hybridized carbons (Fsp3) is 0.500. The Balaban J connectivity index is 2.41. The molecule has 1 aromatic rings. The van der Waals surface area contributed by atoms with E-state index >= 15 is 0 Å². The van der Waals surface area contributed by atoms with Crippen molar-refractivity contribution in [1.82, 2.24) is 0 Å². The maximum absolute atomic E-state index is 4.12. The van der Waals surface area contributed by atoms with E-state index in [1.54, 1.807) is 5.56 Å².